The van der Waals surface area contributed by atoms with Gasteiger partial charge >= 0.3 is 0 Å². The highest BCUT2D eigenvalue weighted by Gasteiger charge is 2.16. The van der Waals surface area contributed by atoms with Gasteiger partial charge in [-0.1, -0.05) is 18.2 Å². The Balaban J connectivity index is 1.37. The van der Waals surface area contributed by atoms with Gasteiger partial charge in [0.05, 0.1) is 0 Å². The van der Waals surface area contributed by atoms with Crippen LogP contribution in [0.5, 0.6) is 0 Å². The van der Waals surface area contributed by atoms with Crippen molar-refractivity contribution in [1.29, 1.82) is 0 Å². The number of rotatable bonds is 6. The molecule has 2 aromatic rings. The number of hydrogen-bond acceptors (Lipinski definition) is 3. The van der Waals surface area contributed by atoms with Gasteiger partial charge in [-0.15, -0.1) is 0 Å². The molecule has 0 aromatic heterocycles. The molecule has 0 bridgehead atoms. The summed E-state index contributed by atoms with van der Waals surface area (Å²) in [6.45, 7) is 4.81. The smallest absolute Gasteiger partial charge is 0.244 e. The summed E-state index contributed by atoms with van der Waals surface area (Å²) in [5.41, 5.74) is 1.42. The van der Waals surface area contributed by atoms with E-state index in [1.165, 1.54) is 30.4 Å². The van der Waals surface area contributed by atoms with Crippen LogP contribution >= 0.6 is 0 Å². The number of benzene rings is 2. The molecule has 1 fully saturated rings. The molecule has 1 amide bonds. The number of carbonyl (C=O) groups excluding carboxylic acids is 1. The minimum absolute atomic E-state index is 0.225. The Labute approximate surface area is 158 Å². The molecular weight excluding hydrogens is 348 g/mol. The third-order valence-electron chi connectivity index (χ3n) is 4.61. The number of piperazine rings is 1. The Morgan fingerprint density at radius 3 is 2.41 bits per heavy atom. The first-order valence-corrected chi connectivity index (χ1v) is 9.05. The Morgan fingerprint density at radius 2 is 1.70 bits per heavy atom. The van der Waals surface area contributed by atoms with Crippen molar-refractivity contribution in [3.8, 4) is 0 Å². The van der Waals surface area contributed by atoms with Crippen LogP contribution in [0.25, 0.3) is 6.08 Å². The number of hydrogen-bond donors (Lipinski definition) is 1. The lowest BCUT2D eigenvalue weighted by Crippen LogP contribution is -2.48. The normalized spacial score (nSPS) is 15.3. The summed E-state index contributed by atoms with van der Waals surface area (Å²) in [6.07, 6.45) is 2.83. The van der Waals surface area contributed by atoms with Crippen molar-refractivity contribution >= 4 is 17.7 Å². The van der Waals surface area contributed by atoms with Gasteiger partial charge in [0.25, 0.3) is 0 Å². The highest BCUT2D eigenvalue weighted by atomic mass is 19.1. The van der Waals surface area contributed by atoms with Crippen LogP contribution in [0.2, 0.25) is 0 Å². The zero-order chi connectivity index (χ0) is 19.1. The van der Waals surface area contributed by atoms with Gasteiger partial charge in [-0.05, 0) is 36.4 Å². The Kier molecular flexibility index (Phi) is 6.54. The van der Waals surface area contributed by atoms with Gasteiger partial charge in [-0.25, -0.2) is 8.78 Å². The first-order chi connectivity index (χ1) is 13.1. The van der Waals surface area contributed by atoms with E-state index >= 15 is 0 Å². The van der Waals surface area contributed by atoms with Gasteiger partial charge in [0.2, 0.25) is 5.91 Å². The number of nitrogens with one attached hydrogen (secondary N) is 1. The zero-order valence-corrected chi connectivity index (χ0v) is 15.1. The van der Waals surface area contributed by atoms with Crippen molar-refractivity contribution in [2.45, 2.75) is 0 Å². The molecular formula is C21H23F2N3O. The standard InChI is InChI=1S/C21H23F2N3O/c22-18-6-8-19(9-7-18)26-15-13-25(14-16-26)12-11-24-21(27)10-5-17-3-1-2-4-20(17)23/h1-10H,11-16H2,(H,24,27)/b10-5+. The molecule has 0 spiro atoms. The van der Waals surface area contributed by atoms with Crippen LogP contribution in [0.15, 0.2) is 54.6 Å². The molecule has 1 N–H and O–H groups in total. The number of carbonyl (C=O) groups is 1. The summed E-state index contributed by atoms with van der Waals surface area (Å²) in [7, 11) is 0. The third kappa shape index (κ3) is 5.62. The van der Waals surface area contributed by atoms with Crippen molar-refractivity contribution in [1.82, 2.24) is 10.2 Å². The molecule has 142 valence electrons. The number of nitrogens with zero attached hydrogens (tertiary/aromatic N) is 2. The Morgan fingerprint density at radius 1 is 1.00 bits per heavy atom. The molecule has 0 radical (unpaired) electrons. The predicted molar refractivity (Wildman–Crippen MR) is 103 cm³/mol. The second-order valence-electron chi connectivity index (χ2n) is 6.45. The van der Waals surface area contributed by atoms with Crippen LogP contribution in [-0.4, -0.2) is 50.1 Å². The van der Waals surface area contributed by atoms with E-state index in [0.29, 0.717) is 12.1 Å². The molecule has 1 saturated heterocycles. The van der Waals surface area contributed by atoms with Gasteiger partial charge in [0, 0.05) is 56.6 Å². The second-order valence-corrected chi connectivity index (χ2v) is 6.45. The minimum Gasteiger partial charge on any atom is -0.369 e. The van der Waals surface area contributed by atoms with Gasteiger partial charge < -0.3 is 10.2 Å². The molecule has 3 rings (SSSR count). The summed E-state index contributed by atoms with van der Waals surface area (Å²) in [4.78, 5) is 16.4. The van der Waals surface area contributed by atoms with Crippen LogP contribution < -0.4 is 10.2 Å². The monoisotopic (exact) mass is 371 g/mol. The van der Waals surface area contributed by atoms with E-state index in [9.17, 15) is 13.6 Å². The largest absolute Gasteiger partial charge is 0.369 e. The molecule has 1 aliphatic heterocycles. The predicted octanol–water partition coefficient (Wildman–Crippen LogP) is 2.92. The van der Waals surface area contributed by atoms with Gasteiger partial charge in [-0.3, -0.25) is 9.69 Å². The maximum absolute atomic E-state index is 13.5. The summed E-state index contributed by atoms with van der Waals surface area (Å²) >= 11 is 0. The number of amides is 1. The highest BCUT2D eigenvalue weighted by molar-refractivity contribution is 5.91. The summed E-state index contributed by atoms with van der Waals surface area (Å²) in [5, 5.41) is 2.82. The fraction of sp³-hybridized carbons (Fsp3) is 0.286. The van der Waals surface area contributed by atoms with E-state index in [1.807, 2.05) is 0 Å². The fourth-order valence-corrected chi connectivity index (χ4v) is 3.05. The van der Waals surface area contributed by atoms with E-state index in [2.05, 4.69) is 15.1 Å². The quantitative estimate of drug-likeness (QED) is 0.793. The molecule has 2 aromatic carbocycles. The first-order valence-electron chi connectivity index (χ1n) is 9.05. The molecule has 0 saturated carbocycles. The van der Waals surface area contributed by atoms with Gasteiger partial charge in [0.15, 0.2) is 0 Å². The average molecular weight is 371 g/mol. The summed E-state index contributed by atoms with van der Waals surface area (Å²) < 4.78 is 26.5. The molecule has 27 heavy (non-hydrogen) atoms. The topological polar surface area (TPSA) is 35.6 Å². The summed E-state index contributed by atoms with van der Waals surface area (Å²) in [5.74, 6) is -0.805. The molecule has 0 unspecified atom stereocenters. The first kappa shape index (κ1) is 19.0. The van der Waals surface area contributed by atoms with E-state index < -0.39 is 0 Å². The van der Waals surface area contributed by atoms with E-state index in [-0.39, 0.29) is 17.5 Å². The maximum Gasteiger partial charge on any atom is 0.244 e. The van der Waals surface area contributed by atoms with E-state index in [1.54, 1.807) is 30.3 Å². The molecule has 1 heterocycles. The maximum atomic E-state index is 13.5. The SMILES string of the molecule is O=C(/C=C/c1ccccc1F)NCCN1CCN(c2ccc(F)cc2)CC1. The van der Waals surface area contributed by atoms with E-state index in [0.717, 1.165) is 38.4 Å². The lowest BCUT2D eigenvalue weighted by atomic mass is 10.2. The van der Waals surface area contributed by atoms with Crippen LogP contribution in [0, 0.1) is 11.6 Å². The van der Waals surface area contributed by atoms with Crippen molar-refractivity contribution in [3.05, 3.63) is 71.8 Å². The van der Waals surface area contributed by atoms with Gasteiger partial charge in [-0.2, -0.15) is 0 Å². The van der Waals surface area contributed by atoms with Crippen molar-refractivity contribution in [2.24, 2.45) is 0 Å². The number of anilines is 1. The molecule has 4 nitrogen and oxygen atoms in total. The Hall–Kier alpha value is -2.73. The van der Waals surface area contributed by atoms with Crippen LogP contribution in [0.3, 0.4) is 0 Å². The van der Waals surface area contributed by atoms with Crippen molar-refractivity contribution in [3.63, 3.8) is 0 Å². The van der Waals surface area contributed by atoms with E-state index in [4.69, 9.17) is 0 Å². The zero-order valence-electron chi connectivity index (χ0n) is 15.1. The molecule has 0 aliphatic carbocycles. The van der Waals surface area contributed by atoms with Crippen LogP contribution in [-0.2, 0) is 4.79 Å². The van der Waals surface area contributed by atoms with Crippen LogP contribution in [0.4, 0.5) is 14.5 Å². The molecule has 0 atom stereocenters. The lowest BCUT2D eigenvalue weighted by Gasteiger charge is -2.36. The third-order valence-corrected chi connectivity index (χ3v) is 4.61. The Bertz CT molecular complexity index is 784. The van der Waals surface area contributed by atoms with Gasteiger partial charge in [0.1, 0.15) is 11.6 Å². The van der Waals surface area contributed by atoms with Crippen LogP contribution in [0.1, 0.15) is 5.56 Å². The summed E-state index contributed by atoms with van der Waals surface area (Å²) in [6, 6.07) is 12.9. The van der Waals surface area contributed by atoms with Crippen molar-refractivity contribution < 1.29 is 13.6 Å². The average Bonchev–Trinajstić information content (AvgIpc) is 2.69. The van der Waals surface area contributed by atoms with Crippen molar-refractivity contribution in [2.75, 3.05) is 44.2 Å². The lowest BCUT2D eigenvalue weighted by molar-refractivity contribution is -0.116. The molecule has 6 heteroatoms. The highest BCUT2D eigenvalue weighted by Crippen LogP contribution is 2.16. The second kappa shape index (κ2) is 9.28. The molecule has 1 aliphatic rings. The minimum atomic E-state index is -0.347. The fourth-order valence-electron chi connectivity index (χ4n) is 3.05. The number of halogens is 2.